The molecule has 6 nitrogen and oxygen atoms in total. The summed E-state index contributed by atoms with van der Waals surface area (Å²) in [4.78, 5) is 31.8. The number of hydrogen-bond acceptors (Lipinski definition) is 6. The highest BCUT2D eigenvalue weighted by Crippen LogP contribution is 2.30. The first-order valence-corrected chi connectivity index (χ1v) is 9.30. The highest BCUT2D eigenvalue weighted by Gasteiger charge is 2.29. The molecule has 3 heterocycles. The molecule has 0 bridgehead atoms. The molecule has 1 amide bonds. The molecule has 134 valence electrons. The first-order chi connectivity index (χ1) is 12.7. The Kier molecular flexibility index (Phi) is 4.46. The lowest BCUT2D eigenvalue weighted by Gasteiger charge is -2.30. The van der Waals surface area contributed by atoms with E-state index in [1.165, 1.54) is 7.11 Å². The first-order valence-electron chi connectivity index (χ1n) is 8.48. The van der Waals surface area contributed by atoms with Crippen molar-refractivity contribution in [1.82, 2.24) is 9.88 Å². The van der Waals surface area contributed by atoms with Gasteiger partial charge in [0.1, 0.15) is 10.4 Å². The molecule has 26 heavy (non-hydrogen) atoms. The van der Waals surface area contributed by atoms with Gasteiger partial charge in [-0.25, -0.2) is 9.78 Å². The smallest absolute Gasteiger partial charge is 0.348 e. The van der Waals surface area contributed by atoms with Crippen LogP contribution >= 0.6 is 11.3 Å². The van der Waals surface area contributed by atoms with E-state index in [0.717, 1.165) is 35.3 Å². The summed E-state index contributed by atoms with van der Waals surface area (Å²) in [6, 6.07) is 11.0. The standard InChI is InChI=1S/C19H18N2O4S/c1-24-19(23)16-9-8-15(26-16)18(22)21-10-4-5-12(11-21)17-20-13-6-2-3-7-14(13)25-17/h2-3,6-9,12H,4-5,10-11H2,1H3. The summed E-state index contributed by atoms with van der Waals surface area (Å²) in [5.74, 6) is 0.285. The van der Waals surface area contributed by atoms with E-state index in [0.29, 0.717) is 28.7 Å². The Balaban J connectivity index is 1.51. The summed E-state index contributed by atoms with van der Waals surface area (Å²) in [6.07, 6.45) is 1.83. The zero-order chi connectivity index (χ0) is 18.1. The second-order valence-electron chi connectivity index (χ2n) is 6.27. The van der Waals surface area contributed by atoms with Crippen LogP contribution in [-0.4, -0.2) is 42.0 Å². The third kappa shape index (κ3) is 3.10. The SMILES string of the molecule is COC(=O)c1ccc(C(=O)N2CCCC(c3nc4ccccc4o3)C2)s1. The van der Waals surface area contributed by atoms with E-state index in [-0.39, 0.29) is 11.8 Å². The van der Waals surface area contributed by atoms with Gasteiger partial charge in [0.05, 0.1) is 17.9 Å². The van der Waals surface area contributed by atoms with Crippen LogP contribution in [0.15, 0.2) is 40.8 Å². The third-order valence-corrected chi connectivity index (χ3v) is 5.62. The molecular weight excluding hydrogens is 352 g/mol. The van der Waals surface area contributed by atoms with E-state index in [1.807, 2.05) is 29.2 Å². The van der Waals surface area contributed by atoms with Crippen LogP contribution in [0.5, 0.6) is 0 Å². The van der Waals surface area contributed by atoms with Gasteiger partial charge in [-0.2, -0.15) is 0 Å². The summed E-state index contributed by atoms with van der Waals surface area (Å²) in [6.45, 7) is 1.26. The zero-order valence-corrected chi connectivity index (χ0v) is 15.1. The molecule has 0 aliphatic carbocycles. The van der Waals surface area contributed by atoms with Gasteiger partial charge in [-0.3, -0.25) is 4.79 Å². The lowest BCUT2D eigenvalue weighted by atomic mass is 9.98. The second-order valence-corrected chi connectivity index (χ2v) is 7.35. The number of aromatic nitrogens is 1. The number of hydrogen-bond donors (Lipinski definition) is 0. The number of rotatable bonds is 3. The Hall–Kier alpha value is -2.67. The number of ether oxygens (including phenoxy) is 1. The Morgan fingerprint density at radius 2 is 2.04 bits per heavy atom. The van der Waals surface area contributed by atoms with Crippen molar-refractivity contribution in [3.8, 4) is 0 Å². The van der Waals surface area contributed by atoms with E-state index in [2.05, 4.69) is 4.98 Å². The third-order valence-electron chi connectivity index (χ3n) is 4.57. The van der Waals surface area contributed by atoms with Crippen molar-refractivity contribution >= 4 is 34.3 Å². The van der Waals surface area contributed by atoms with Crippen molar-refractivity contribution in [3.05, 3.63) is 52.0 Å². The fourth-order valence-electron chi connectivity index (χ4n) is 3.25. The summed E-state index contributed by atoms with van der Waals surface area (Å²) in [5, 5.41) is 0. The number of thiophene rings is 1. The second kappa shape index (κ2) is 6.92. The largest absolute Gasteiger partial charge is 0.465 e. The molecule has 0 saturated carbocycles. The van der Waals surface area contributed by atoms with Crippen LogP contribution < -0.4 is 0 Å². The fraction of sp³-hybridized carbons (Fsp3) is 0.316. The van der Waals surface area contributed by atoms with Crippen LogP contribution in [-0.2, 0) is 4.74 Å². The Labute approximate surface area is 154 Å². The van der Waals surface area contributed by atoms with Crippen molar-refractivity contribution < 1.29 is 18.7 Å². The highest BCUT2D eigenvalue weighted by atomic mass is 32.1. The van der Waals surface area contributed by atoms with E-state index in [9.17, 15) is 9.59 Å². The number of likely N-dealkylation sites (tertiary alicyclic amines) is 1. The van der Waals surface area contributed by atoms with Gasteiger partial charge < -0.3 is 14.1 Å². The number of methoxy groups -OCH3 is 1. The van der Waals surface area contributed by atoms with Crippen LogP contribution in [0, 0.1) is 0 Å². The van der Waals surface area contributed by atoms with Gasteiger partial charge in [-0.15, -0.1) is 11.3 Å². The average molecular weight is 370 g/mol. The van der Waals surface area contributed by atoms with Crippen LogP contribution in [0.1, 0.15) is 44.0 Å². The molecule has 3 aromatic rings. The lowest BCUT2D eigenvalue weighted by molar-refractivity contribution is 0.0606. The molecular formula is C19H18N2O4S. The Bertz CT molecular complexity index is 928. The zero-order valence-electron chi connectivity index (χ0n) is 14.3. The summed E-state index contributed by atoms with van der Waals surface area (Å²) in [7, 11) is 1.33. The quantitative estimate of drug-likeness (QED) is 0.658. The monoisotopic (exact) mass is 370 g/mol. The van der Waals surface area contributed by atoms with Crippen molar-refractivity contribution in [2.45, 2.75) is 18.8 Å². The lowest BCUT2D eigenvalue weighted by Crippen LogP contribution is -2.38. The number of piperidine rings is 1. The number of fused-ring (bicyclic) bond motifs is 1. The molecule has 1 unspecified atom stereocenters. The number of benzene rings is 1. The number of nitrogens with zero attached hydrogens (tertiary/aromatic N) is 2. The molecule has 0 radical (unpaired) electrons. The molecule has 0 N–H and O–H groups in total. The maximum Gasteiger partial charge on any atom is 0.348 e. The van der Waals surface area contributed by atoms with Gasteiger partial charge >= 0.3 is 5.97 Å². The maximum atomic E-state index is 12.8. The number of esters is 1. The van der Waals surface area contributed by atoms with Gasteiger partial charge in [0.2, 0.25) is 0 Å². The molecule has 1 aliphatic rings. The van der Waals surface area contributed by atoms with Crippen LogP contribution in [0.3, 0.4) is 0 Å². The average Bonchev–Trinajstić information content (AvgIpc) is 3.34. The van der Waals surface area contributed by atoms with Crippen LogP contribution in [0.25, 0.3) is 11.1 Å². The predicted octanol–water partition coefficient (Wildman–Crippen LogP) is 3.70. The summed E-state index contributed by atoms with van der Waals surface area (Å²) < 4.78 is 10.6. The van der Waals surface area contributed by atoms with Crippen molar-refractivity contribution in [3.63, 3.8) is 0 Å². The van der Waals surface area contributed by atoms with E-state index >= 15 is 0 Å². The van der Waals surface area contributed by atoms with Crippen LogP contribution in [0.4, 0.5) is 0 Å². The fourth-order valence-corrected chi connectivity index (χ4v) is 4.14. The normalized spacial score (nSPS) is 17.4. The van der Waals surface area contributed by atoms with Crippen molar-refractivity contribution in [1.29, 1.82) is 0 Å². The van der Waals surface area contributed by atoms with E-state index in [4.69, 9.17) is 9.15 Å². The number of carbonyl (C=O) groups excluding carboxylic acids is 2. The predicted molar refractivity (Wildman–Crippen MR) is 97.5 cm³/mol. The topological polar surface area (TPSA) is 72.6 Å². The number of oxazole rings is 1. The summed E-state index contributed by atoms with van der Waals surface area (Å²) in [5.41, 5.74) is 1.61. The van der Waals surface area contributed by atoms with Gasteiger partial charge in [0.15, 0.2) is 11.5 Å². The van der Waals surface area contributed by atoms with Gasteiger partial charge in [0, 0.05) is 13.1 Å². The van der Waals surface area contributed by atoms with E-state index in [1.54, 1.807) is 12.1 Å². The maximum absolute atomic E-state index is 12.8. The molecule has 1 saturated heterocycles. The van der Waals surface area contributed by atoms with Gasteiger partial charge in [-0.1, -0.05) is 12.1 Å². The molecule has 1 atom stereocenters. The number of carbonyl (C=O) groups is 2. The Morgan fingerprint density at radius 3 is 2.85 bits per heavy atom. The van der Waals surface area contributed by atoms with Crippen molar-refractivity contribution in [2.75, 3.05) is 20.2 Å². The minimum absolute atomic E-state index is 0.0639. The van der Waals surface area contributed by atoms with Crippen LogP contribution in [0.2, 0.25) is 0 Å². The highest BCUT2D eigenvalue weighted by molar-refractivity contribution is 7.15. The van der Waals surface area contributed by atoms with E-state index < -0.39 is 5.97 Å². The molecule has 0 spiro atoms. The van der Waals surface area contributed by atoms with Gasteiger partial charge in [0.25, 0.3) is 5.91 Å². The minimum atomic E-state index is -0.419. The summed E-state index contributed by atoms with van der Waals surface area (Å²) >= 11 is 1.16. The van der Waals surface area contributed by atoms with Crippen molar-refractivity contribution in [2.24, 2.45) is 0 Å². The molecule has 2 aromatic heterocycles. The Morgan fingerprint density at radius 1 is 1.23 bits per heavy atom. The first kappa shape index (κ1) is 16.8. The number of para-hydroxylation sites is 2. The molecule has 1 aliphatic heterocycles. The van der Waals surface area contributed by atoms with Gasteiger partial charge in [-0.05, 0) is 37.1 Å². The molecule has 4 rings (SSSR count). The molecule has 7 heteroatoms. The molecule has 1 fully saturated rings. The number of amides is 1. The molecule has 1 aromatic carbocycles. The minimum Gasteiger partial charge on any atom is -0.465 e.